The molecule has 0 radical (unpaired) electrons. The van der Waals surface area contributed by atoms with Crippen LogP contribution in [0.3, 0.4) is 0 Å². The Bertz CT molecular complexity index is 766. The number of benzene rings is 1. The maximum atomic E-state index is 11.6. The lowest BCUT2D eigenvalue weighted by atomic mass is 10.0. The molecule has 0 amide bonds. The van der Waals surface area contributed by atoms with Gasteiger partial charge >= 0.3 is 5.97 Å². The molecule has 120 valence electrons. The Hall–Kier alpha value is -2.70. The lowest BCUT2D eigenvalue weighted by molar-refractivity contribution is 0.0698. The minimum absolute atomic E-state index is 0.162. The van der Waals surface area contributed by atoms with E-state index in [1.165, 1.54) is 0 Å². The Kier molecular flexibility index (Phi) is 4.10. The van der Waals surface area contributed by atoms with Crippen LogP contribution in [0.4, 0.5) is 17.3 Å². The fourth-order valence-electron chi connectivity index (χ4n) is 2.77. The molecule has 23 heavy (non-hydrogen) atoms. The number of fused-ring (bicyclic) bond motifs is 1. The summed E-state index contributed by atoms with van der Waals surface area (Å²) in [6, 6.07) is 3.54. The Labute approximate surface area is 134 Å². The van der Waals surface area contributed by atoms with Crippen LogP contribution in [-0.2, 0) is 13.5 Å². The molecule has 7 heteroatoms. The van der Waals surface area contributed by atoms with Gasteiger partial charge in [-0.25, -0.2) is 9.78 Å². The van der Waals surface area contributed by atoms with Crippen LogP contribution >= 0.6 is 0 Å². The summed E-state index contributed by atoms with van der Waals surface area (Å²) in [5, 5.41) is 17.7. The van der Waals surface area contributed by atoms with Crippen LogP contribution in [0.15, 0.2) is 34.8 Å². The summed E-state index contributed by atoms with van der Waals surface area (Å²) in [7, 11) is 3.80. The number of aryl methyl sites for hydroxylation is 2. The van der Waals surface area contributed by atoms with Gasteiger partial charge in [-0.2, -0.15) is 0 Å². The molecule has 0 unspecified atom stereocenters. The summed E-state index contributed by atoms with van der Waals surface area (Å²) >= 11 is 0. The largest absolute Gasteiger partial charge is 0.478 e. The minimum Gasteiger partial charge on any atom is -0.478 e. The van der Waals surface area contributed by atoms with E-state index < -0.39 is 5.97 Å². The van der Waals surface area contributed by atoms with Gasteiger partial charge in [-0.3, -0.25) is 0 Å². The first-order valence-corrected chi connectivity index (χ1v) is 7.56. The van der Waals surface area contributed by atoms with Gasteiger partial charge in [0.05, 0.1) is 5.56 Å². The number of azo groups is 1. The molecule has 3 rings (SSSR count). The molecule has 2 heterocycles. The van der Waals surface area contributed by atoms with Crippen molar-refractivity contribution in [1.82, 2.24) is 9.55 Å². The molecule has 1 aliphatic rings. The van der Waals surface area contributed by atoms with Crippen molar-refractivity contribution in [3.63, 3.8) is 0 Å². The number of nitrogens with zero attached hydrogens (tertiary/aromatic N) is 5. The quantitative estimate of drug-likeness (QED) is 0.881. The van der Waals surface area contributed by atoms with Crippen molar-refractivity contribution in [2.24, 2.45) is 17.3 Å². The molecule has 0 saturated heterocycles. The summed E-state index contributed by atoms with van der Waals surface area (Å²) < 4.78 is 1.72. The molecule has 0 atom stereocenters. The lowest BCUT2D eigenvalue weighted by Gasteiger charge is -2.20. The van der Waals surface area contributed by atoms with Gasteiger partial charge in [-0.1, -0.05) is 0 Å². The Morgan fingerprint density at radius 1 is 1.26 bits per heavy atom. The zero-order valence-corrected chi connectivity index (χ0v) is 13.2. The third-order valence-electron chi connectivity index (χ3n) is 4.07. The van der Waals surface area contributed by atoms with Gasteiger partial charge in [0.2, 0.25) is 5.95 Å². The van der Waals surface area contributed by atoms with E-state index >= 15 is 0 Å². The zero-order valence-electron chi connectivity index (χ0n) is 13.2. The van der Waals surface area contributed by atoms with E-state index in [0.717, 1.165) is 37.1 Å². The summed E-state index contributed by atoms with van der Waals surface area (Å²) in [6.45, 7) is 0.931. The van der Waals surface area contributed by atoms with E-state index in [2.05, 4.69) is 20.1 Å². The van der Waals surface area contributed by atoms with Crippen molar-refractivity contribution in [3.8, 4) is 0 Å². The molecule has 1 aromatic carbocycles. The first kappa shape index (κ1) is 15.2. The topological polar surface area (TPSA) is 83.1 Å². The minimum atomic E-state index is -1.00. The van der Waals surface area contributed by atoms with Crippen molar-refractivity contribution in [3.05, 3.63) is 35.7 Å². The van der Waals surface area contributed by atoms with Crippen molar-refractivity contribution in [1.29, 1.82) is 0 Å². The van der Waals surface area contributed by atoms with Gasteiger partial charge in [0.15, 0.2) is 0 Å². The Morgan fingerprint density at radius 2 is 2.09 bits per heavy atom. The predicted molar refractivity (Wildman–Crippen MR) is 87.0 cm³/mol. The summed E-state index contributed by atoms with van der Waals surface area (Å²) in [5.41, 5.74) is 2.62. The van der Waals surface area contributed by atoms with E-state index in [0.29, 0.717) is 11.6 Å². The first-order chi connectivity index (χ1) is 11.1. The number of aromatic nitrogens is 2. The average molecular weight is 313 g/mol. The number of carboxylic acid groups (broad SMARTS) is 1. The van der Waals surface area contributed by atoms with E-state index in [9.17, 15) is 9.90 Å². The van der Waals surface area contributed by atoms with Gasteiger partial charge in [-0.15, -0.1) is 10.2 Å². The second-order valence-corrected chi connectivity index (χ2v) is 5.72. The van der Waals surface area contributed by atoms with Gasteiger partial charge in [0.1, 0.15) is 5.69 Å². The summed E-state index contributed by atoms with van der Waals surface area (Å²) in [6.07, 6.45) is 6.48. The van der Waals surface area contributed by atoms with Gasteiger partial charge in [-0.05, 0) is 37.0 Å². The predicted octanol–water partition coefficient (Wildman–Crippen LogP) is 3.31. The van der Waals surface area contributed by atoms with Crippen molar-refractivity contribution < 1.29 is 9.90 Å². The molecule has 0 bridgehead atoms. The number of imidazole rings is 1. The number of anilines is 1. The second kappa shape index (κ2) is 6.20. The van der Waals surface area contributed by atoms with Crippen LogP contribution in [0.2, 0.25) is 0 Å². The molecule has 2 aromatic rings. The molecule has 1 N–H and O–H groups in total. The monoisotopic (exact) mass is 313 g/mol. The third kappa shape index (κ3) is 3.08. The highest BCUT2D eigenvalue weighted by molar-refractivity contribution is 5.95. The van der Waals surface area contributed by atoms with E-state index in [-0.39, 0.29) is 5.56 Å². The fourth-order valence-corrected chi connectivity index (χ4v) is 2.77. The highest BCUT2D eigenvalue weighted by atomic mass is 16.4. The highest BCUT2D eigenvalue weighted by Gasteiger charge is 2.19. The van der Waals surface area contributed by atoms with E-state index in [1.807, 2.05) is 20.2 Å². The number of carbonyl (C=O) groups is 1. The van der Waals surface area contributed by atoms with Crippen LogP contribution < -0.4 is 4.90 Å². The van der Waals surface area contributed by atoms with Gasteiger partial charge in [0, 0.05) is 38.7 Å². The number of aromatic carboxylic acids is 1. The van der Waals surface area contributed by atoms with Crippen molar-refractivity contribution in [2.45, 2.75) is 19.3 Å². The molecular weight excluding hydrogens is 294 g/mol. The number of carboxylic acids is 1. The van der Waals surface area contributed by atoms with Crippen LogP contribution in [-0.4, -0.2) is 34.2 Å². The fraction of sp³-hybridized carbons (Fsp3) is 0.375. The maximum absolute atomic E-state index is 11.6. The Morgan fingerprint density at radius 3 is 2.78 bits per heavy atom. The standard InChI is InChI=1S/C16H19N5O2/c1-20-7-4-3-5-11-9-13(12(15(22)23)10-14(11)20)18-19-16-17-6-8-21(16)2/h6,8-10H,3-5,7H2,1-2H3,(H,22,23). The number of hydrogen-bond acceptors (Lipinski definition) is 5. The molecule has 0 saturated carbocycles. The third-order valence-corrected chi connectivity index (χ3v) is 4.07. The van der Waals surface area contributed by atoms with Crippen LogP contribution in [0.5, 0.6) is 0 Å². The lowest BCUT2D eigenvalue weighted by Crippen LogP contribution is -2.18. The average Bonchev–Trinajstić information content (AvgIpc) is 2.84. The normalized spacial score (nSPS) is 14.8. The molecule has 1 aromatic heterocycles. The first-order valence-electron chi connectivity index (χ1n) is 7.56. The van der Waals surface area contributed by atoms with E-state index in [4.69, 9.17) is 0 Å². The van der Waals surface area contributed by atoms with Gasteiger partial charge < -0.3 is 14.6 Å². The smallest absolute Gasteiger partial charge is 0.338 e. The SMILES string of the molecule is CN1CCCCc2cc(N=Nc3nccn3C)c(C(=O)O)cc21. The highest BCUT2D eigenvalue weighted by Crippen LogP contribution is 2.33. The van der Waals surface area contributed by atoms with Crippen molar-refractivity contribution >= 4 is 23.3 Å². The maximum Gasteiger partial charge on any atom is 0.338 e. The summed E-state index contributed by atoms with van der Waals surface area (Å²) in [5.74, 6) is -0.562. The van der Waals surface area contributed by atoms with Gasteiger partial charge in [0.25, 0.3) is 0 Å². The molecule has 0 fully saturated rings. The van der Waals surface area contributed by atoms with Crippen LogP contribution in [0, 0.1) is 0 Å². The molecular formula is C16H19N5O2. The molecule has 1 aliphatic heterocycles. The molecule has 0 aliphatic carbocycles. The Balaban J connectivity index is 2.05. The summed E-state index contributed by atoms with van der Waals surface area (Å²) in [4.78, 5) is 17.8. The van der Waals surface area contributed by atoms with Crippen molar-refractivity contribution in [2.75, 3.05) is 18.5 Å². The van der Waals surface area contributed by atoms with Crippen LogP contribution in [0.1, 0.15) is 28.8 Å². The van der Waals surface area contributed by atoms with Crippen LogP contribution in [0.25, 0.3) is 0 Å². The van der Waals surface area contributed by atoms with E-state index in [1.54, 1.807) is 23.0 Å². The molecule has 7 nitrogen and oxygen atoms in total. The molecule has 0 spiro atoms. The number of hydrogen-bond donors (Lipinski definition) is 1. The zero-order chi connectivity index (χ0) is 16.4. The number of rotatable bonds is 3. The second-order valence-electron chi connectivity index (χ2n) is 5.72.